The summed E-state index contributed by atoms with van der Waals surface area (Å²) in [7, 11) is -2.36. The molecule has 0 rings (SSSR count). The van der Waals surface area contributed by atoms with E-state index < -0.39 is 10.9 Å². The molecule has 0 fully saturated rings. The third kappa shape index (κ3) is 135. The van der Waals surface area contributed by atoms with Crippen LogP contribution >= 0.6 is 0 Å². The van der Waals surface area contributed by atoms with E-state index in [0.717, 1.165) is 0 Å². The Morgan fingerprint density at radius 3 is 1.40 bits per heavy atom. The predicted octanol–water partition coefficient (Wildman–Crippen LogP) is -0.833. The van der Waals surface area contributed by atoms with Gasteiger partial charge in [-0.25, -0.2) is 0 Å². The van der Waals surface area contributed by atoms with Gasteiger partial charge in [0.15, 0.2) is 0 Å². The molecular formula is H2CrNO2S-. The molecule has 0 aromatic carbocycles. The first-order valence-electron chi connectivity index (χ1n) is 0.569. The SMILES string of the molecule is N[S-](=O)=O.[Cr]. The zero-order valence-corrected chi connectivity index (χ0v) is 4.30. The normalized spacial score (nSPS) is 6.80. The molecule has 0 aliphatic rings. The van der Waals surface area contributed by atoms with E-state index in [1.807, 2.05) is 0 Å². The molecule has 32 valence electrons. The van der Waals surface area contributed by atoms with Gasteiger partial charge >= 0.3 is 0 Å². The number of nitrogens with two attached hydrogens (primary N) is 1. The summed E-state index contributed by atoms with van der Waals surface area (Å²) in [5.41, 5.74) is 0. The summed E-state index contributed by atoms with van der Waals surface area (Å²) in [5, 5.41) is 4.03. The van der Waals surface area contributed by atoms with Crippen LogP contribution in [0.2, 0.25) is 0 Å². The molecular weight excluding hydrogens is 130 g/mol. The summed E-state index contributed by atoms with van der Waals surface area (Å²) in [5.74, 6) is 0. The first-order chi connectivity index (χ1) is 1.73. The van der Waals surface area contributed by atoms with Crippen molar-refractivity contribution in [2.75, 3.05) is 0 Å². The fourth-order valence-electron chi connectivity index (χ4n) is 0. The van der Waals surface area contributed by atoms with Crippen LogP contribution in [0.15, 0.2) is 0 Å². The van der Waals surface area contributed by atoms with Crippen LogP contribution in [0.3, 0.4) is 0 Å². The zero-order chi connectivity index (χ0) is 3.58. The second-order valence-corrected chi connectivity index (χ2v) is 0.781. The zero-order valence-electron chi connectivity index (χ0n) is 2.21. The average Bonchev–Trinajstić information content (AvgIpc) is 0.811. The Hall–Kier alpha value is 0.442. The molecule has 0 bridgehead atoms. The van der Waals surface area contributed by atoms with Gasteiger partial charge < -0.3 is 13.6 Å². The summed E-state index contributed by atoms with van der Waals surface area (Å²) < 4.78 is 17.6. The molecule has 0 amide bonds. The van der Waals surface area contributed by atoms with Crippen molar-refractivity contribution in [2.45, 2.75) is 0 Å². The van der Waals surface area contributed by atoms with Crippen LogP contribution in [-0.4, -0.2) is 0 Å². The van der Waals surface area contributed by atoms with Crippen molar-refractivity contribution in [3.63, 3.8) is 0 Å². The first-order valence-corrected chi connectivity index (χ1v) is 1.71. The number of hydrogen-bond acceptors (Lipinski definition) is 3. The fourth-order valence-corrected chi connectivity index (χ4v) is 0. The molecule has 5 heavy (non-hydrogen) atoms. The van der Waals surface area contributed by atoms with Crippen molar-refractivity contribution < 1.29 is 25.8 Å². The van der Waals surface area contributed by atoms with E-state index in [1.54, 1.807) is 0 Å². The standard InChI is InChI=1S/Cr.H2NO2S/c;1-4(2)3/h;(H2,1,2,3)/q;-1. The number of hydrogen-bond donors (Lipinski definition) is 1. The molecule has 0 aliphatic heterocycles. The van der Waals surface area contributed by atoms with Gasteiger partial charge in [0, 0.05) is 17.4 Å². The molecule has 0 aromatic heterocycles. The average molecular weight is 132 g/mol. The Kier molecular flexibility index (Phi) is 8.05. The van der Waals surface area contributed by atoms with Gasteiger partial charge in [0.1, 0.15) is 0 Å². The predicted molar refractivity (Wildman–Crippen MR) is 12.9 cm³/mol. The summed E-state index contributed by atoms with van der Waals surface area (Å²) in [4.78, 5) is 0. The molecule has 5 heteroatoms. The van der Waals surface area contributed by atoms with Gasteiger partial charge in [-0.3, -0.25) is 0 Å². The van der Waals surface area contributed by atoms with Crippen LogP contribution < -0.4 is 5.14 Å². The van der Waals surface area contributed by atoms with E-state index in [-0.39, 0.29) is 17.4 Å². The van der Waals surface area contributed by atoms with Crippen molar-refractivity contribution in [3.8, 4) is 0 Å². The second kappa shape index (κ2) is 4.44. The first kappa shape index (κ1) is 9.06. The quantitative estimate of drug-likeness (QED) is 0.437. The van der Waals surface area contributed by atoms with Gasteiger partial charge in [0.2, 0.25) is 0 Å². The Bertz CT molecular complexity index is 58.0. The van der Waals surface area contributed by atoms with Gasteiger partial charge in [0.25, 0.3) is 0 Å². The maximum atomic E-state index is 8.78. The van der Waals surface area contributed by atoms with Gasteiger partial charge in [-0.1, -0.05) is 0 Å². The van der Waals surface area contributed by atoms with E-state index in [2.05, 4.69) is 5.14 Å². The molecule has 0 radical (unpaired) electrons. The fraction of sp³-hybridized carbons (Fsp3) is 0. The molecule has 0 aromatic rings. The second-order valence-electron chi connectivity index (χ2n) is 0.260. The maximum absolute atomic E-state index is 8.78. The summed E-state index contributed by atoms with van der Waals surface area (Å²) in [6.45, 7) is 0. The molecule has 3 nitrogen and oxygen atoms in total. The summed E-state index contributed by atoms with van der Waals surface area (Å²) in [6.07, 6.45) is 0. The van der Waals surface area contributed by atoms with Gasteiger partial charge in [-0.05, 0) is 10.9 Å². The van der Waals surface area contributed by atoms with Crippen LogP contribution in [0.25, 0.3) is 0 Å². The molecule has 0 saturated carbocycles. The molecule has 0 unspecified atom stereocenters. The molecule has 2 N–H and O–H groups in total. The van der Waals surface area contributed by atoms with Crippen molar-refractivity contribution in [2.24, 2.45) is 5.14 Å². The Labute approximate surface area is 42.4 Å². The summed E-state index contributed by atoms with van der Waals surface area (Å²) in [6, 6.07) is 0. The van der Waals surface area contributed by atoms with E-state index >= 15 is 0 Å². The van der Waals surface area contributed by atoms with Crippen molar-refractivity contribution in [3.05, 3.63) is 0 Å². The topological polar surface area (TPSA) is 60.2 Å². The van der Waals surface area contributed by atoms with Crippen LogP contribution in [0.1, 0.15) is 0 Å². The molecule has 0 saturated heterocycles. The van der Waals surface area contributed by atoms with Crippen LogP contribution in [-0.2, 0) is 36.7 Å². The van der Waals surface area contributed by atoms with E-state index in [1.165, 1.54) is 0 Å². The van der Waals surface area contributed by atoms with Crippen LogP contribution in [0.4, 0.5) is 0 Å². The minimum absolute atomic E-state index is 0. The molecule has 0 aliphatic carbocycles. The van der Waals surface area contributed by atoms with Gasteiger partial charge in [-0.15, -0.1) is 0 Å². The number of rotatable bonds is 0. The summed E-state index contributed by atoms with van der Waals surface area (Å²) >= 11 is 0. The van der Waals surface area contributed by atoms with Crippen LogP contribution in [0, 0.1) is 0 Å². The molecule has 0 heterocycles. The van der Waals surface area contributed by atoms with Crippen molar-refractivity contribution >= 4 is 10.9 Å². The molecule has 0 spiro atoms. The Morgan fingerprint density at radius 1 is 1.40 bits per heavy atom. The minimum Gasteiger partial charge on any atom is -0.409 e. The smallest absolute Gasteiger partial charge is 0 e. The molecule has 0 atom stereocenters. The van der Waals surface area contributed by atoms with Crippen LogP contribution in [0.5, 0.6) is 0 Å². The van der Waals surface area contributed by atoms with Crippen molar-refractivity contribution in [1.29, 1.82) is 0 Å². The monoisotopic (exact) mass is 132 g/mol. The third-order valence-electron chi connectivity index (χ3n) is 0. The Morgan fingerprint density at radius 2 is 1.40 bits per heavy atom. The minimum atomic E-state index is -2.36. The third-order valence-corrected chi connectivity index (χ3v) is 0. The van der Waals surface area contributed by atoms with E-state index in [0.29, 0.717) is 0 Å². The Balaban J connectivity index is 0. The largest absolute Gasteiger partial charge is 0.409 e. The van der Waals surface area contributed by atoms with Gasteiger partial charge in [0.05, 0.1) is 0 Å². The maximum Gasteiger partial charge on any atom is 0 e. The van der Waals surface area contributed by atoms with Crippen molar-refractivity contribution in [1.82, 2.24) is 0 Å². The van der Waals surface area contributed by atoms with E-state index in [9.17, 15) is 0 Å². The van der Waals surface area contributed by atoms with E-state index in [4.69, 9.17) is 8.42 Å². The van der Waals surface area contributed by atoms with Gasteiger partial charge in [-0.2, -0.15) is 0 Å².